The number of alkyl halides is 3. The van der Waals surface area contributed by atoms with E-state index in [1.165, 1.54) is 10.5 Å². The van der Waals surface area contributed by atoms with Crippen LogP contribution in [0.2, 0.25) is 0 Å². The molecular weight excluding hydrogens is 277 g/mol. The van der Waals surface area contributed by atoms with Crippen LogP contribution in [0.15, 0.2) is 24.3 Å². The maximum atomic E-state index is 12.4. The molecule has 1 N–H and O–H groups in total. The summed E-state index contributed by atoms with van der Waals surface area (Å²) in [5.41, 5.74) is 2.12. The second-order valence-electron chi connectivity index (χ2n) is 5.59. The molecule has 0 fully saturated rings. The second kappa shape index (κ2) is 8.39. The molecule has 1 aromatic rings. The number of hydrogen-bond donors (Lipinski definition) is 1. The topological polar surface area (TPSA) is 15.3 Å². The van der Waals surface area contributed by atoms with Gasteiger partial charge < -0.3 is 5.32 Å². The van der Waals surface area contributed by atoms with Crippen molar-refractivity contribution in [2.45, 2.75) is 46.0 Å². The van der Waals surface area contributed by atoms with E-state index in [0.717, 1.165) is 18.5 Å². The van der Waals surface area contributed by atoms with Gasteiger partial charge in [-0.15, -0.1) is 0 Å². The van der Waals surface area contributed by atoms with Crippen molar-refractivity contribution in [1.29, 1.82) is 0 Å². The number of nitrogens with zero attached hydrogens (tertiary/aromatic N) is 1. The normalized spacial score (nSPS) is 12.4. The number of nitrogens with one attached hydrogen (secondary N) is 1. The maximum Gasteiger partial charge on any atom is 0.401 e. The van der Waals surface area contributed by atoms with Crippen molar-refractivity contribution < 1.29 is 13.2 Å². The van der Waals surface area contributed by atoms with Gasteiger partial charge in [-0.2, -0.15) is 13.2 Å². The molecular formula is C16H25F3N2. The zero-order valence-electron chi connectivity index (χ0n) is 13.0. The molecule has 2 nitrogen and oxygen atoms in total. The fourth-order valence-corrected chi connectivity index (χ4v) is 2.11. The molecule has 0 atom stereocenters. The van der Waals surface area contributed by atoms with Crippen LogP contribution < -0.4 is 5.32 Å². The van der Waals surface area contributed by atoms with Crippen molar-refractivity contribution in [1.82, 2.24) is 10.2 Å². The van der Waals surface area contributed by atoms with Crippen LogP contribution in [0.3, 0.4) is 0 Å². The van der Waals surface area contributed by atoms with Crippen LogP contribution in [0.1, 0.15) is 31.9 Å². The van der Waals surface area contributed by atoms with E-state index in [9.17, 15) is 13.2 Å². The van der Waals surface area contributed by atoms with Gasteiger partial charge in [-0.3, -0.25) is 4.90 Å². The molecule has 0 aromatic heterocycles. The van der Waals surface area contributed by atoms with Crippen LogP contribution in [0.25, 0.3) is 0 Å². The van der Waals surface area contributed by atoms with E-state index in [-0.39, 0.29) is 0 Å². The van der Waals surface area contributed by atoms with E-state index in [0.29, 0.717) is 19.1 Å². The first-order valence-electron chi connectivity index (χ1n) is 7.40. The Kier molecular flexibility index (Phi) is 7.18. The van der Waals surface area contributed by atoms with Gasteiger partial charge in [0.1, 0.15) is 0 Å². The molecule has 1 rings (SSSR count). The van der Waals surface area contributed by atoms with E-state index in [1.54, 1.807) is 6.92 Å². The van der Waals surface area contributed by atoms with E-state index >= 15 is 0 Å². The molecule has 0 bridgehead atoms. The molecule has 0 saturated heterocycles. The molecule has 0 radical (unpaired) electrons. The van der Waals surface area contributed by atoms with Crippen molar-refractivity contribution in [2.24, 2.45) is 0 Å². The molecule has 0 unspecified atom stereocenters. The fourth-order valence-electron chi connectivity index (χ4n) is 2.11. The average molecular weight is 302 g/mol. The highest BCUT2D eigenvalue weighted by atomic mass is 19.4. The lowest BCUT2D eigenvalue weighted by Gasteiger charge is -2.22. The highest BCUT2D eigenvalue weighted by molar-refractivity contribution is 5.22. The highest BCUT2D eigenvalue weighted by Gasteiger charge is 2.29. The molecule has 5 heteroatoms. The van der Waals surface area contributed by atoms with Gasteiger partial charge in [0, 0.05) is 12.6 Å². The predicted molar refractivity (Wildman–Crippen MR) is 80.3 cm³/mol. The molecule has 0 spiro atoms. The lowest BCUT2D eigenvalue weighted by atomic mass is 10.1. The van der Waals surface area contributed by atoms with Crippen LogP contribution in [-0.2, 0) is 13.0 Å². The summed E-state index contributed by atoms with van der Waals surface area (Å²) in [5, 5.41) is 3.34. The van der Waals surface area contributed by atoms with Crippen molar-refractivity contribution in [3.63, 3.8) is 0 Å². The molecule has 0 aliphatic heterocycles. The van der Waals surface area contributed by atoms with Crippen LogP contribution in [0.4, 0.5) is 13.2 Å². The minimum atomic E-state index is -4.14. The van der Waals surface area contributed by atoms with Gasteiger partial charge in [0.15, 0.2) is 0 Å². The smallest absolute Gasteiger partial charge is 0.314 e. The summed E-state index contributed by atoms with van der Waals surface area (Å²) in [6, 6.07) is 8.30. The van der Waals surface area contributed by atoms with Gasteiger partial charge in [-0.25, -0.2) is 0 Å². The Hall–Kier alpha value is -1.07. The first-order valence-corrected chi connectivity index (χ1v) is 7.40. The third kappa shape index (κ3) is 8.07. The summed E-state index contributed by atoms with van der Waals surface area (Å²) in [6.45, 7) is 6.72. The van der Waals surface area contributed by atoms with E-state index in [1.807, 2.05) is 24.3 Å². The van der Waals surface area contributed by atoms with Gasteiger partial charge in [0.2, 0.25) is 0 Å². The van der Waals surface area contributed by atoms with Crippen molar-refractivity contribution in [3.05, 3.63) is 35.4 Å². The third-order valence-electron chi connectivity index (χ3n) is 3.25. The Morgan fingerprint density at radius 1 is 1.10 bits per heavy atom. The third-order valence-corrected chi connectivity index (χ3v) is 3.25. The summed E-state index contributed by atoms with van der Waals surface area (Å²) >= 11 is 0. The molecule has 0 aliphatic rings. The predicted octanol–water partition coefficient (Wildman–Crippen LogP) is 3.61. The molecule has 21 heavy (non-hydrogen) atoms. The SMILES string of the molecule is CCN(Cc1ccc(CCNC(C)C)cc1)CC(F)(F)F. The summed E-state index contributed by atoms with van der Waals surface area (Å²) in [7, 11) is 0. The van der Waals surface area contributed by atoms with Crippen molar-refractivity contribution in [2.75, 3.05) is 19.6 Å². The summed E-state index contributed by atoms with van der Waals surface area (Å²) in [5.74, 6) is 0. The first kappa shape index (κ1) is 18.0. The summed E-state index contributed by atoms with van der Waals surface area (Å²) in [6.07, 6.45) is -3.21. The standard InChI is InChI=1S/C16H25F3N2/c1-4-21(12-16(17,18)19)11-15-7-5-14(6-8-15)9-10-20-13(2)3/h5-8,13,20H,4,9-12H2,1-3H3. The number of hydrogen-bond acceptors (Lipinski definition) is 2. The van der Waals surface area contributed by atoms with Gasteiger partial charge in [0.25, 0.3) is 0 Å². The van der Waals surface area contributed by atoms with Crippen molar-refractivity contribution >= 4 is 0 Å². The van der Waals surface area contributed by atoms with E-state index in [2.05, 4.69) is 19.2 Å². The van der Waals surface area contributed by atoms with Crippen molar-refractivity contribution in [3.8, 4) is 0 Å². The van der Waals surface area contributed by atoms with Gasteiger partial charge >= 0.3 is 6.18 Å². The first-order chi connectivity index (χ1) is 9.80. The zero-order valence-corrected chi connectivity index (χ0v) is 13.0. The van der Waals surface area contributed by atoms with E-state index in [4.69, 9.17) is 0 Å². The van der Waals surface area contributed by atoms with Crippen LogP contribution in [0.5, 0.6) is 0 Å². The molecule has 120 valence electrons. The zero-order chi connectivity index (χ0) is 15.9. The minimum Gasteiger partial charge on any atom is -0.314 e. The Balaban J connectivity index is 2.49. The highest BCUT2D eigenvalue weighted by Crippen LogP contribution is 2.18. The van der Waals surface area contributed by atoms with Gasteiger partial charge in [-0.05, 0) is 30.6 Å². The van der Waals surface area contributed by atoms with Crippen LogP contribution in [0, 0.1) is 0 Å². The quantitative estimate of drug-likeness (QED) is 0.789. The molecule has 1 aromatic carbocycles. The Morgan fingerprint density at radius 3 is 2.14 bits per heavy atom. The largest absolute Gasteiger partial charge is 0.401 e. The van der Waals surface area contributed by atoms with E-state index < -0.39 is 12.7 Å². The lowest BCUT2D eigenvalue weighted by Crippen LogP contribution is -2.33. The van der Waals surface area contributed by atoms with Crippen LogP contribution in [-0.4, -0.2) is 36.8 Å². The maximum absolute atomic E-state index is 12.4. The minimum absolute atomic E-state index is 0.334. The Labute approximate surface area is 125 Å². The Bertz CT molecular complexity index is 399. The summed E-state index contributed by atoms with van der Waals surface area (Å²) in [4.78, 5) is 1.40. The molecule has 0 amide bonds. The number of halogens is 3. The van der Waals surface area contributed by atoms with Gasteiger partial charge in [-0.1, -0.05) is 45.0 Å². The van der Waals surface area contributed by atoms with Gasteiger partial charge in [0.05, 0.1) is 6.54 Å². The number of benzene rings is 1. The summed E-state index contributed by atoms with van der Waals surface area (Å²) < 4.78 is 37.2. The molecule has 0 aliphatic carbocycles. The fraction of sp³-hybridized carbons (Fsp3) is 0.625. The molecule has 0 saturated carbocycles. The molecule has 0 heterocycles. The monoisotopic (exact) mass is 302 g/mol. The van der Waals surface area contributed by atoms with Crippen LogP contribution >= 0.6 is 0 Å². The lowest BCUT2D eigenvalue weighted by molar-refractivity contribution is -0.146. The number of rotatable bonds is 8. The Morgan fingerprint density at radius 2 is 1.67 bits per heavy atom. The second-order valence-corrected chi connectivity index (χ2v) is 5.59. The average Bonchev–Trinajstić information content (AvgIpc) is 2.38.